The van der Waals surface area contributed by atoms with E-state index in [1.54, 1.807) is 10.1 Å². The fourth-order valence-corrected chi connectivity index (χ4v) is 0. The molecule has 0 aromatic heterocycles. The molecule has 0 aliphatic heterocycles. The second-order valence-electron chi connectivity index (χ2n) is 0.264. The van der Waals surface area contributed by atoms with Gasteiger partial charge in [0.25, 0.3) is 0 Å². The normalized spacial score (nSPS) is 11.8. The molecule has 0 aromatic rings. The summed E-state index contributed by atoms with van der Waals surface area (Å²) in [6.07, 6.45) is 0. The Morgan fingerprint density at radius 1 is 2.50 bits per heavy atom. The van der Waals surface area contributed by atoms with Gasteiger partial charge in [-0.1, -0.05) is 7.96 Å². The molecule has 0 aromatic carbocycles. The number of hydrogen-bond acceptors (Lipinski definition) is 0. The summed E-state index contributed by atoms with van der Waals surface area (Å²) in [5.74, 6) is 0. The van der Waals surface area contributed by atoms with E-state index in [4.69, 9.17) is 1.28 Å². The van der Waals surface area contributed by atoms with Crippen LogP contribution in [0.25, 0.3) is 0 Å². The van der Waals surface area contributed by atoms with Crippen LogP contribution in [0.2, 0.25) is 0 Å². The van der Waals surface area contributed by atoms with E-state index in [2.05, 4.69) is 0 Å². The van der Waals surface area contributed by atoms with E-state index < -0.39 is 0 Å². The van der Waals surface area contributed by atoms with Crippen molar-refractivity contribution in [2.45, 2.75) is 0 Å². The highest BCUT2D eigenvalue weighted by atomic mass is 32.7. The predicted octanol–water partition coefficient (Wildman–Crippen LogP) is 1.62. The Hall–Kier alpha value is 0.820. The molecule has 3 heteroatoms. The highest BCUT2D eigenvalue weighted by Gasteiger charge is 1.26. The first-order valence-electron chi connectivity index (χ1n) is 1.26. The standard InChI is InChI=1S/CH4P2S/c1-3-4-2/h2H,1H3/i2D. The van der Waals surface area contributed by atoms with Crippen LogP contribution in [0.4, 0.5) is 0 Å². The molecule has 0 atom stereocenters. The van der Waals surface area contributed by atoms with Crippen molar-refractivity contribution in [2.75, 3.05) is 6.66 Å². The molecule has 0 aliphatic rings. The van der Waals surface area contributed by atoms with Crippen LogP contribution in [0.5, 0.6) is 0 Å². The molecule has 4 heavy (non-hydrogen) atoms. The molecule has 0 fully saturated rings. The summed E-state index contributed by atoms with van der Waals surface area (Å²) < 4.78 is 6.53. The van der Waals surface area contributed by atoms with E-state index in [1.807, 2.05) is 6.66 Å². The van der Waals surface area contributed by atoms with Crippen LogP contribution in [-0.4, -0.2) is 7.94 Å². The lowest BCUT2D eigenvalue weighted by Gasteiger charge is -1.36. The molecule has 0 heterocycles. The third-order valence-corrected chi connectivity index (χ3v) is 2.20. The van der Waals surface area contributed by atoms with Crippen LogP contribution < -0.4 is 0 Å². The third kappa shape index (κ3) is 2.82. The SMILES string of the molecule is [2H]P=S=PC. The molecule has 0 bridgehead atoms. The van der Waals surface area contributed by atoms with E-state index in [1.165, 1.54) is 7.36 Å². The molecule has 0 nitrogen and oxygen atoms in total. The fourth-order valence-electron chi connectivity index (χ4n) is 0. The lowest BCUT2D eigenvalue weighted by atomic mass is 12.0. The minimum atomic E-state index is 0.684. The molecule has 0 amide bonds. The molecule has 24 valence electrons. The van der Waals surface area contributed by atoms with Crippen molar-refractivity contribution in [3.63, 3.8) is 0 Å². The van der Waals surface area contributed by atoms with Gasteiger partial charge in [-0.25, -0.2) is 0 Å². The summed E-state index contributed by atoms with van der Waals surface area (Å²) in [6, 6.07) is 0. The second-order valence-corrected chi connectivity index (χ2v) is 3.85. The van der Waals surface area contributed by atoms with Gasteiger partial charge in [0.1, 0.15) is 1.28 Å². The molecule has 0 unspecified atom stereocenters. The summed E-state index contributed by atoms with van der Waals surface area (Å²) >= 11 is 0. The molecule has 0 aliphatic carbocycles. The van der Waals surface area contributed by atoms with E-state index in [0.29, 0.717) is 7.96 Å². The Balaban J connectivity index is 3.26. The summed E-state index contributed by atoms with van der Waals surface area (Å²) in [6.45, 7) is 2.02. The molecule has 0 radical (unpaired) electrons. The topological polar surface area (TPSA) is 0 Å². The largest absolute Gasteiger partial charge is 0.105 e. The van der Waals surface area contributed by atoms with Gasteiger partial charge in [0.15, 0.2) is 0 Å². The zero-order chi connectivity index (χ0) is 4.12. The molecular formula is CH4P2S. The molecule has 0 spiro atoms. The average Bonchev–Trinajstić information content (AvgIpc) is 1.41. The first-order valence-corrected chi connectivity index (χ1v) is 4.63. The first-order chi connectivity index (χ1) is 2.41. The maximum absolute atomic E-state index is 6.53. The van der Waals surface area contributed by atoms with Gasteiger partial charge in [0.2, 0.25) is 0 Å². The summed E-state index contributed by atoms with van der Waals surface area (Å²) in [7, 11) is 3.50. The predicted molar refractivity (Wildman–Crippen MR) is 28.5 cm³/mol. The smallest absolute Gasteiger partial charge is 0.103 e. The fraction of sp³-hybridized carbons (Fsp3) is 1.00. The van der Waals surface area contributed by atoms with Crippen molar-refractivity contribution in [3.05, 3.63) is 0 Å². The highest BCUT2D eigenvalue weighted by molar-refractivity contribution is 8.21. The van der Waals surface area contributed by atoms with Crippen molar-refractivity contribution in [3.8, 4) is 0 Å². The van der Waals surface area contributed by atoms with Crippen molar-refractivity contribution in [1.82, 2.24) is 0 Å². The Labute approximate surface area is 34.1 Å². The van der Waals surface area contributed by atoms with Gasteiger partial charge in [0.05, 0.1) is 0 Å². The van der Waals surface area contributed by atoms with Gasteiger partial charge < -0.3 is 0 Å². The lowest BCUT2D eigenvalue weighted by molar-refractivity contribution is 2.52. The first kappa shape index (κ1) is 3.03. The Kier molecular flexibility index (Phi) is 2.89. The van der Waals surface area contributed by atoms with Gasteiger partial charge in [0, 0.05) is 0 Å². The molecule has 0 rings (SSSR count). The van der Waals surface area contributed by atoms with E-state index in [-0.39, 0.29) is 0 Å². The maximum atomic E-state index is 6.53. The zero-order valence-electron chi connectivity index (χ0n) is 3.30. The van der Waals surface area contributed by atoms with Crippen LogP contribution in [0.3, 0.4) is 0 Å². The minimum absolute atomic E-state index is 0.684. The molecule has 0 saturated heterocycles. The Bertz CT molecular complexity index is 58.0. The average molecular weight is 111 g/mol. The van der Waals surface area contributed by atoms with Crippen molar-refractivity contribution >= 4 is 25.4 Å². The van der Waals surface area contributed by atoms with Gasteiger partial charge in [-0.15, -0.1) is 10.1 Å². The molecular weight excluding hydrogens is 106 g/mol. The number of hydrogen-bond donors (Lipinski definition) is 0. The van der Waals surface area contributed by atoms with Crippen LogP contribution in [-0.2, 0) is 10.1 Å². The van der Waals surface area contributed by atoms with Crippen LogP contribution in [0.1, 0.15) is 0 Å². The Morgan fingerprint density at radius 2 is 3.25 bits per heavy atom. The van der Waals surface area contributed by atoms with Crippen molar-refractivity contribution < 1.29 is 0 Å². The quantitative estimate of drug-likeness (QED) is 0.416. The van der Waals surface area contributed by atoms with Gasteiger partial charge >= 0.3 is 0 Å². The summed E-state index contributed by atoms with van der Waals surface area (Å²) in [5.41, 5.74) is 0. The summed E-state index contributed by atoms with van der Waals surface area (Å²) in [5, 5.41) is 0. The monoisotopic (exact) mass is 111 g/mol. The van der Waals surface area contributed by atoms with Gasteiger partial charge in [-0.05, 0) is 14.0 Å². The van der Waals surface area contributed by atoms with Gasteiger partial charge in [-0.3, -0.25) is 0 Å². The zero-order valence-corrected chi connectivity index (χ0v) is 4.91. The summed E-state index contributed by atoms with van der Waals surface area (Å²) in [4.78, 5) is 0. The van der Waals surface area contributed by atoms with E-state index >= 15 is 0 Å². The molecule has 0 N–H and O–H groups in total. The van der Waals surface area contributed by atoms with Crippen molar-refractivity contribution in [2.24, 2.45) is 0 Å². The maximum Gasteiger partial charge on any atom is 0.105 e. The van der Waals surface area contributed by atoms with Crippen molar-refractivity contribution in [1.29, 1.82) is 1.28 Å². The van der Waals surface area contributed by atoms with E-state index in [9.17, 15) is 0 Å². The lowest BCUT2D eigenvalue weighted by Crippen LogP contribution is -1.02. The third-order valence-electron chi connectivity index (χ3n) is 0.0816. The Morgan fingerprint density at radius 3 is 3.25 bits per heavy atom. The van der Waals surface area contributed by atoms with E-state index in [0.717, 1.165) is 0 Å². The van der Waals surface area contributed by atoms with Crippen LogP contribution >= 0.6 is 15.3 Å². The minimum Gasteiger partial charge on any atom is -0.103 e. The van der Waals surface area contributed by atoms with Crippen LogP contribution in [0, 0.1) is 0 Å². The van der Waals surface area contributed by atoms with Gasteiger partial charge in [-0.2, -0.15) is 0 Å². The second kappa shape index (κ2) is 3.82. The highest BCUT2D eigenvalue weighted by Crippen LogP contribution is 1.77. The number of rotatable bonds is 0. The van der Waals surface area contributed by atoms with Crippen LogP contribution in [0.15, 0.2) is 0 Å². The molecule has 0 saturated carbocycles.